The molecule has 1 aromatic heterocycles. The second-order valence-electron chi connectivity index (χ2n) is 6.80. The van der Waals surface area contributed by atoms with Gasteiger partial charge in [0.2, 0.25) is 5.95 Å². The third-order valence-electron chi connectivity index (χ3n) is 4.59. The molecular weight excluding hydrogens is 330 g/mol. The Bertz CT molecular complexity index is 748. The number of benzene rings is 1. The van der Waals surface area contributed by atoms with Crippen molar-refractivity contribution in [3.8, 4) is 0 Å². The van der Waals surface area contributed by atoms with Gasteiger partial charge in [-0.25, -0.2) is 9.78 Å². The normalized spacial score (nSPS) is 19.8. The summed E-state index contributed by atoms with van der Waals surface area (Å²) in [6, 6.07) is 11.5. The molecule has 138 valence electrons. The number of amides is 1. The number of nitrogen functional groups attached to an aromatic ring is 1. The summed E-state index contributed by atoms with van der Waals surface area (Å²) in [6.07, 6.45) is 2.44. The van der Waals surface area contributed by atoms with Crippen LogP contribution < -0.4 is 11.1 Å². The van der Waals surface area contributed by atoms with Crippen LogP contribution in [0.25, 0.3) is 0 Å². The first-order chi connectivity index (χ1) is 12.5. The van der Waals surface area contributed by atoms with E-state index in [1.165, 1.54) is 0 Å². The van der Waals surface area contributed by atoms with E-state index in [-0.39, 0.29) is 18.6 Å². The molecule has 7 heteroatoms. The minimum absolute atomic E-state index is 0.213. The van der Waals surface area contributed by atoms with Crippen molar-refractivity contribution in [2.75, 3.05) is 17.6 Å². The number of nitrogens with zero attached hydrogens (tertiary/aromatic N) is 3. The fourth-order valence-electron chi connectivity index (χ4n) is 3.27. The van der Waals surface area contributed by atoms with Gasteiger partial charge in [0.25, 0.3) is 0 Å². The average Bonchev–Trinajstić information content (AvgIpc) is 2.59. The molecule has 1 aliphatic rings. The molecule has 1 aliphatic heterocycles. The lowest BCUT2D eigenvalue weighted by Gasteiger charge is -2.44. The van der Waals surface area contributed by atoms with Gasteiger partial charge in [-0.05, 0) is 38.7 Å². The van der Waals surface area contributed by atoms with E-state index in [1.807, 2.05) is 50.2 Å². The molecule has 1 aromatic carbocycles. The fraction of sp³-hybridized carbons (Fsp3) is 0.421. The maximum Gasteiger partial charge on any atom is 0.411 e. The molecule has 2 aromatic rings. The Morgan fingerprint density at radius 3 is 2.81 bits per heavy atom. The van der Waals surface area contributed by atoms with E-state index in [9.17, 15) is 4.79 Å². The third kappa shape index (κ3) is 4.22. The maximum absolute atomic E-state index is 12.7. The van der Waals surface area contributed by atoms with Crippen LogP contribution in [-0.4, -0.2) is 33.2 Å². The predicted octanol–water partition coefficient (Wildman–Crippen LogP) is 3.32. The van der Waals surface area contributed by atoms with Crippen molar-refractivity contribution in [2.45, 2.75) is 45.4 Å². The maximum atomic E-state index is 12.7. The number of aryl methyl sites for hydroxylation is 1. The number of nitrogens with one attached hydrogen (secondary N) is 1. The van der Waals surface area contributed by atoms with Crippen LogP contribution in [0.15, 0.2) is 36.4 Å². The van der Waals surface area contributed by atoms with Crippen molar-refractivity contribution >= 4 is 17.9 Å². The van der Waals surface area contributed by atoms with E-state index in [2.05, 4.69) is 15.3 Å². The first-order valence-corrected chi connectivity index (χ1v) is 8.84. The second-order valence-corrected chi connectivity index (χ2v) is 6.80. The van der Waals surface area contributed by atoms with E-state index < -0.39 is 5.66 Å². The van der Waals surface area contributed by atoms with Gasteiger partial charge in [0.15, 0.2) is 0 Å². The summed E-state index contributed by atoms with van der Waals surface area (Å²) in [7, 11) is 0. The van der Waals surface area contributed by atoms with E-state index in [0.717, 1.165) is 30.5 Å². The van der Waals surface area contributed by atoms with E-state index in [0.29, 0.717) is 12.4 Å². The molecule has 0 saturated carbocycles. The fourth-order valence-corrected chi connectivity index (χ4v) is 3.27. The number of likely N-dealkylation sites (tertiary alicyclic amines) is 1. The molecule has 3 rings (SSSR count). The summed E-state index contributed by atoms with van der Waals surface area (Å²) in [4.78, 5) is 22.8. The quantitative estimate of drug-likeness (QED) is 0.874. The van der Waals surface area contributed by atoms with Gasteiger partial charge in [0, 0.05) is 18.3 Å². The Hall–Kier alpha value is -2.83. The summed E-state index contributed by atoms with van der Waals surface area (Å²) in [6.45, 7) is 4.74. The summed E-state index contributed by atoms with van der Waals surface area (Å²) in [5.41, 5.74) is 6.90. The Labute approximate surface area is 153 Å². The number of piperidine rings is 1. The van der Waals surface area contributed by atoms with Crippen molar-refractivity contribution in [2.24, 2.45) is 0 Å². The van der Waals surface area contributed by atoms with E-state index >= 15 is 0 Å². The molecule has 1 fully saturated rings. The lowest BCUT2D eigenvalue weighted by molar-refractivity contribution is 0.0429. The minimum Gasteiger partial charge on any atom is -0.444 e. The number of carbonyl (C=O) groups is 1. The number of hydrogen-bond donors (Lipinski definition) is 2. The zero-order valence-electron chi connectivity index (χ0n) is 15.2. The minimum atomic E-state index is -0.584. The van der Waals surface area contributed by atoms with Gasteiger partial charge < -0.3 is 15.8 Å². The van der Waals surface area contributed by atoms with Crippen LogP contribution in [-0.2, 0) is 11.3 Å². The molecule has 0 bridgehead atoms. The van der Waals surface area contributed by atoms with Gasteiger partial charge in [-0.15, -0.1) is 0 Å². The Kier molecular flexibility index (Phi) is 5.25. The van der Waals surface area contributed by atoms with Crippen LogP contribution in [0, 0.1) is 6.92 Å². The molecule has 0 aliphatic carbocycles. The van der Waals surface area contributed by atoms with Crippen molar-refractivity contribution < 1.29 is 9.53 Å². The summed E-state index contributed by atoms with van der Waals surface area (Å²) >= 11 is 0. The molecule has 1 atom stereocenters. The third-order valence-corrected chi connectivity index (χ3v) is 4.59. The van der Waals surface area contributed by atoms with Gasteiger partial charge in [0.1, 0.15) is 18.1 Å². The molecule has 1 saturated heterocycles. The van der Waals surface area contributed by atoms with Crippen LogP contribution in [0.2, 0.25) is 0 Å². The number of nitrogens with two attached hydrogens (primary N) is 1. The van der Waals surface area contributed by atoms with Gasteiger partial charge in [-0.1, -0.05) is 30.3 Å². The van der Waals surface area contributed by atoms with Crippen molar-refractivity contribution in [1.29, 1.82) is 0 Å². The highest BCUT2D eigenvalue weighted by Crippen LogP contribution is 2.30. The molecule has 1 amide bonds. The number of anilines is 2. The van der Waals surface area contributed by atoms with Gasteiger partial charge in [0.05, 0.1) is 0 Å². The highest BCUT2D eigenvalue weighted by molar-refractivity contribution is 5.69. The largest absolute Gasteiger partial charge is 0.444 e. The zero-order valence-corrected chi connectivity index (χ0v) is 15.2. The Morgan fingerprint density at radius 1 is 1.31 bits per heavy atom. The number of aromatic nitrogens is 2. The van der Waals surface area contributed by atoms with Crippen LogP contribution in [0.1, 0.15) is 37.4 Å². The van der Waals surface area contributed by atoms with Gasteiger partial charge >= 0.3 is 6.09 Å². The Morgan fingerprint density at radius 2 is 2.08 bits per heavy atom. The number of rotatable bonds is 4. The smallest absolute Gasteiger partial charge is 0.411 e. The molecule has 7 nitrogen and oxygen atoms in total. The van der Waals surface area contributed by atoms with Crippen molar-refractivity contribution in [3.63, 3.8) is 0 Å². The average molecular weight is 355 g/mol. The molecule has 3 N–H and O–H groups in total. The highest BCUT2D eigenvalue weighted by atomic mass is 16.6. The number of carbonyl (C=O) groups excluding carboxylic acids is 1. The first kappa shape index (κ1) is 18.0. The molecule has 2 heterocycles. The van der Waals surface area contributed by atoms with Crippen LogP contribution in [0.5, 0.6) is 0 Å². The van der Waals surface area contributed by atoms with E-state index in [1.54, 1.807) is 4.90 Å². The first-order valence-electron chi connectivity index (χ1n) is 8.84. The zero-order chi connectivity index (χ0) is 18.6. The lowest BCUT2D eigenvalue weighted by Crippen LogP contribution is -2.57. The van der Waals surface area contributed by atoms with Crippen molar-refractivity contribution in [3.05, 3.63) is 47.7 Å². The molecular formula is C19H25N5O2. The second kappa shape index (κ2) is 7.59. The lowest BCUT2D eigenvalue weighted by atomic mass is 9.97. The summed E-state index contributed by atoms with van der Waals surface area (Å²) in [5, 5.41) is 3.36. The van der Waals surface area contributed by atoms with Crippen LogP contribution in [0.4, 0.5) is 16.6 Å². The predicted molar refractivity (Wildman–Crippen MR) is 100 cm³/mol. The molecule has 1 unspecified atom stereocenters. The molecule has 0 radical (unpaired) electrons. The topological polar surface area (TPSA) is 93.4 Å². The van der Waals surface area contributed by atoms with Crippen LogP contribution in [0.3, 0.4) is 0 Å². The van der Waals surface area contributed by atoms with Crippen molar-refractivity contribution in [1.82, 2.24) is 14.9 Å². The van der Waals surface area contributed by atoms with E-state index in [4.69, 9.17) is 10.5 Å². The highest BCUT2D eigenvalue weighted by Gasteiger charge is 2.39. The molecule has 0 spiro atoms. The Balaban J connectivity index is 1.72. The monoisotopic (exact) mass is 355 g/mol. The SMILES string of the molecule is Cc1cc(NC2(C)CCCCN2C(=O)OCc2ccccc2)nc(N)n1. The van der Waals surface area contributed by atoms with Gasteiger partial charge in [-0.3, -0.25) is 4.90 Å². The van der Waals surface area contributed by atoms with Gasteiger partial charge in [-0.2, -0.15) is 4.98 Å². The summed E-state index contributed by atoms with van der Waals surface area (Å²) in [5.74, 6) is 0.824. The summed E-state index contributed by atoms with van der Waals surface area (Å²) < 4.78 is 5.54. The number of hydrogen-bond acceptors (Lipinski definition) is 6. The molecule has 26 heavy (non-hydrogen) atoms. The standard InChI is InChI=1S/C19H25N5O2/c1-14-12-16(22-17(20)21-14)23-19(2)10-6-7-11-24(19)18(25)26-13-15-8-4-3-5-9-15/h3-5,8-9,12H,6-7,10-11,13H2,1-2H3,(H3,20,21,22,23). The number of ether oxygens (including phenoxy) is 1. The van der Waals surface area contributed by atoms with Crippen LogP contribution >= 0.6 is 0 Å².